The van der Waals surface area contributed by atoms with Crippen molar-refractivity contribution >= 4 is 28.2 Å². The number of anilines is 2. The first-order valence-corrected chi connectivity index (χ1v) is 8.16. The van der Waals surface area contributed by atoms with Crippen molar-refractivity contribution < 1.29 is 18.0 Å². The molecule has 1 aromatic heterocycles. The van der Waals surface area contributed by atoms with Crippen LogP contribution in [0.15, 0.2) is 54.7 Å². The number of benzene rings is 2. The summed E-state index contributed by atoms with van der Waals surface area (Å²) in [5, 5.41) is 6.46. The van der Waals surface area contributed by atoms with Crippen LogP contribution in [0.2, 0.25) is 0 Å². The highest BCUT2D eigenvalue weighted by molar-refractivity contribution is 5.96. The van der Waals surface area contributed by atoms with Crippen LogP contribution in [0.5, 0.6) is 0 Å². The Morgan fingerprint density at radius 2 is 1.88 bits per heavy atom. The van der Waals surface area contributed by atoms with E-state index in [2.05, 4.69) is 22.1 Å². The largest absolute Gasteiger partial charge is 0.416 e. The first-order valence-electron chi connectivity index (χ1n) is 8.16. The molecule has 0 aliphatic rings. The summed E-state index contributed by atoms with van der Waals surface area (Å²) >= 11 is 0. The Hall–Kier alpha value is -2.96. The molecule has 0 aliphatic carbocycles. The third-order valence-electron chi connectivity index (χ3n) is 4.04. The Morgan fingerprint density at radius 1 is 1.08 bits per heavy atom. The average Bonchev–Trinajstić information content (AvgIpc) is 3.02. The molecule has 0 saturated heterocycles. The van der Waals surface area contributed by atoms with E-state index in [0.29, 0.717) is 5.69 Å². The van der Waals surface area contributed by atoms with Crippen molar-refractivity contribution in [1.82, 2.24) is 4.57 Å². The van der Waals surface area contributed by atoms with Gasteiger partial charge in [0, 0.05) is 35.0 Å². The molecule has 2 aromatic carbocycles. The molecule has 0 atom stereocenters. The summed E-state index contributed by atoms with van der Waals surface area (Å²) in [6, 6.07) is 12.3. The second kappa shape index (κ2) is 7.11. The van der Waals surface area contributed by atoms with E-state index in [9.17, 15) is 18.0 Å². The lowest BCUT2D eigenvalue weighted by atomic mass is 10.2. The highest BCUT2D eigenvalue weighted by Gasteiger charge is 2.30. The number of fused-ring (bicyclic) bond motifs is 1. The van der Waals surface area contributed by atoms with E-state index in [-0.39, 0.29) is 18.1 Å². The Balaban J connectivity index is 1.62. The van der Waals surface area contributed by atoms with Crippen molar-refractivity contribution in [1.29, 1.82) is 0 Å². The van der Waals surface area contributed by atoms with Gasteiger partial charge in [0.2, 0.25) is 5.91 Å². The predicted molar refractivity (Wildman–Crippen MR) is 96.2 cm³/mol. The number of amides is 1. The molecule has 3 aromatic rings. The van der Waals surface area contributed by atoms with Crippen LogP contribution in [0.25, 0.3) is 10.9 Å². The van der Waals surface area contributed by atoms with Crippen LogP contribution in [0.3, 0.4) is 0 Å². The molecule has 0 radical (unpaired) electrons. The number of carbonyl (C=O) groups is 1. The number of alkyl halides is 3. The van der Waals surface area contributed by atoms with Gasteiger partial charge in [0.1, 0.15) is 0 Å². The quantitative estimate of drug-likeness (QED) is 0.690. The molecule has 0 unspecified atom stereocenters. The van der Waals surface area contributed by atoms with E-state index in [0.717, 1.165) is 29.6 Å². The van der Waals surface area contributed by atoms with Crippen LogP contribution in [0, 0.1) is 0 Å². The Labute approximate surface area is 148 Å². The predicted octanol–water partition coefficient (Wildman–Crippen LogP) is 4.73. The lowest BCUT2D eigenvalue weighted by molar-refractivity contribution is -0.137. The summed E-state index contributed by atoms with van der Waals surface area (Å²) in [5.74, 6) is -0.336. The second-order valence-corrected chi connectivity index (χ2v) is 5.86. The first-order chi connectivity index (χ1) is 12.4. The Morgan fingerprint density at radius 3 is 2.62 bits per heavy atom. The number of rotatable bonds is 5. The van der Waals surface area contributed by atoms with Crippen LogP contribution in [0.4, 0.5) is 24.5 Å². The summed E-state index contributed by atoms with van der Waals surface area (Å²) in [6.45, 7) is 2.78. The van der Waals surface area contributed by atoms with Crippen LogP contribution >= 0.6 is 0 Å². The lowest BCUT2D eigenvalue weighted by Gasteiger charge is -2.11. The molecule has 1 amide bonds. The maximum Gasteiger partial charge on any atom is 0.416 e. The minimum Gasteiger partial charge on any atom is -0.376 e. The molecule has 26 heavy (non-hydrogen) atoms. The zero-order valence-corrected chi connectivity index (χ0v) is 14.1. The normalized spacial score (nSPS) is 11.5. The molecule has 136 valence electrons. The summed E-state index contributed by atoms with van der Waals surface area (Å²) in [7, 11) is 0. The first kappa shape index (κ1) is 17.8. The Kier molecular flexibility index (Phi) is 4.88. The van der Waals surface area contributed by atoms with Crippen molar-refractivity contribution in [3.63, 3.8) is 0 Å². The zero-order valence-electron chi connectivity index (χ0n) is 14.1. The van der Waals surface area contributed by atoms with Crippen molar-refractivity contribution in [2.75, 3.05) is 17.2 Å². The standard InChI is InChI=1S/C19H18F3N3O/c1-2-25-9-8-13-10-16(6-7-17(13)25)24-18(26)12-23-15-5-3-4-14(11-15)19(20,21)22/h3-11,23H,2,12H2,1H3,(H,24,26). The third kappa shape index (κ3) is 3.99. The van der Waals surface area contributed by atoms with Gasteiger partial charge in [-0.2, -0.15) is 13.2 Å². The third-order valence-corrected chi connectivity index (χ3v) is 4.04. The fourth-order valence-corrected chi connectivity index (χ4v) is 2.75. The van der Waals surface area contributed by atoms with Gasteiger partial charge in [-0.25, -0.2) is 0 Å². The van der Waals surface area contributed by atoms with Crippen LogP contribution in [0.1, 0.15) is 12.5 Å². The van der Waals surface area contributed by atoms with Crippen molar-refractivity contribution in [3.05, 3.63) is 60.3 Å². The number of nitrogens with zero attached hydrogens (tertiary/aromatic N) is 1. The molecule has 3 rings (SSSR count). The minimum absolute atomic E-state index is 0.130. The van der Waals surface area contributed by atoms with E-state index >= 15 is 0 Å². The van der Waals surface area contributed by atoms with Crippen molar-refractivity contribution in [2.24, 2.45) is 0 Å². The minimum atomic E-state index is -4.41. The number of aromatic nitrogens is 1. The van der Waals surface area contributed by atoms with Gasteiger partial charge in [0.05, 0.1) is 12.1 Å². The number of nitrogens with one attached hydrogen (secondary N) is 2. The summed E-state index contributed by atoms with van der Waals surface area (Å²) in [4.78, 5) is 12.1. The molecule has 0 fully saturated rings. The molecule has 0 bridgehead atoms. The van der Waals surface area contributed by atoms with Crippen LogP contribution in [-0.4, -0.2) is 17.0 Å². The molecule has 4 nitrogen and oxygen atoms in total. The van der Waals surface area contributed by atoms with Crippen molar-refractivity contribution in [2.45, 2.75) is 19.6 Å². The number of hydrogen-bond acceptors (Lipinski definition) is 2. The number of carbonyl (C=O) groups excluding carboxylic acids is 1. The van der Waals surface area contributed by atoms with Gasteiger partial charge in [-0.1, -0.05) is 6.07 Å². The summed E-state index contributed by atoms with van der Waals surface area (Å²) in [6.07, 6.45) is -2.43. The molecule has 2 N–H and O–H groups in total. The fraction of sp³-hybridized carbons (Fsp3) is 0.211. The van der Waals surface area contributed by atoms with E-state index in [4.69, 9.17) is 0 Å². The molecular formula is C19H18F3N3O. The molecular weight excluding hydrogens is 343 g/mol. The summed E-state index contributed by atoms with van der Waals surface area (Å²) < 4.78 is 40.2. The Bertz CT molecular complexity index is 931. The van der Waals surface area contributed by atoms with Gasteiger partial charge in [-0.05, 0) is 49.4 Å². The van der Waals surface area contributed by atoms with Gasteiger partial charge in [0.25, 0.3) is 0 Å². The van der Waals surface area contributed by atoms with Crippen LogP contribution < -0.4 is 10.6 Å². The lowest BCUT2D eigenvalue weighted by Crippen LogP contribution is -2.21. The average molecular weight is 361 g/mol. The topological polar surface area (TPSA) is 46.1 Å². The van der Waals surface area contributed by atoms with Crippen molar-refractivity contribution in [3.8, 4) is 0 Å². The highest BCUT2D eigenvalue weighted by atomic mass is 19.4. The molecule has 0 spiro atoms. The highest BCUT2D eigenvalue weighted by Crippen LogP contribution is 2.30. The maximum atomic E-state index is 12.7. The second-order valence-electron chi connectivity index (χ2n) is 5.86. The monoisotopic (exact) mass is 361 g/mol. The van der Waals surface area contributed by atoms with E-state index in [1.165, 1.54) is 12.1 Å². The smallest absolute Gasteiger partial charge is 0.376 e. The molecule has 7 heteroatoms. The summed E-state index contributed by atoms with van der Waals surface area (Å²) in [5.41, 5.74) is 1.20. The maximum absolute atomic E-state index is 12.7. The van der Waals surface area contributed by atoms with Crippen LogP contribution in [-0.2, 0) is 17.5 Å². The number of aryl methyl sites for hydroxylation is 1. The van der Waals surface area contributed by atoms with Gasteiger partial charge >= 0.3 is 6.18 Å². The van der Waals surface area contributed by atoms with E-state index < -0.39 is 11.7 Å². The van der Waals surface area contributed by atoms with E-state index in [1.54, 1.807) is 6.07 Å². The number of halogens is 3. The van der Waals surface area contributed by atoms with E-state index in [1.807, 2.05) is 24.4 Å². The zero-order chi connectivity index (χ0) is 18.7. The van der Waals surface area contributed by atoms with Gasteiger partial charge < -0.3 is 15.2 Å². The van der Waals surface area contributed by atoms with Gasteiger partial charge in [-0.3, -0.25) is 4.79 Å². The molecule has 0 saturated carbocycles. The molecule has 0 aliphatic heterocycles. The van der Waals surface area contributed by atoms with Gasteiger partial charge in [-0.15, -0.1) is 0 Å². The fourth-order valence-electron chi connectivity index (χ4n) is 2.75. The number of hydrogen-bond donors (Lipinski definition) is 2. The SMILES string of the molecule is CCn1ccc2cc(NC(=O)CNc3cccc(C(F)(F)F)c3)ccc21. The molecule has 1 heterocycles. The van der Waals surface area contributed by atoms with Gasteiger partial charge in [0.15, 0.2) is 0 Å².